The van der Waals surface area contributed by atoms with Gasteiger partial charge in [-0.2, -0.15) is 5.10 Å². The molecule has 0 saturated heterocycles. The normalized spacial score (nSPS) is 14.8. The number of aryl methyl sites for hydroxylation is 2. The Morgan fingerprint density at radius 1 is 1.07 bits per heavy atom. The summed E-state index contributed by atoms with van der Waals surface area (Å²) in [5.74, 6) is -0.523. The highest BCUT2D eigenvalue weighted by atomic mass is 19.1. The van der Waals surface area contributed by atoms with Crippen LogP contribution >= 0.6 is 0 Å². The third-order valence-corrected chi connectivity index (χ3v) is 5.24. The van der Waals surface area contributed by atoms with E-state index in [0.717, 1.165) is 47.6 Å². The number of rotatable bonds is 3. The highest BCUT2D eigenvalue weighted by Crippen LogP contribution is 2.23. The van der Waals surface area contributed by atoms with Gasteiger partial charge in [0.15, 0.2) is 0 Å². The van der Waals surface area contributed by atoms with Crippen molar-refractivity contribution in [3.63, 3.8) is 0 Å². The molecule has 1 aromatic heterocycles. The Morgan fingerprint density at radius 3 is 2.61 bits per heavy atom. The molecule has 0 saturated carbocycles. The van der Waals surface area contributed by atoms with Crippen LogP contribution in [0.2, 0.25) is 0 Å². The van der Waals surface area contributed by atoms with Gasteiger partial charge in [0.05, 0.1) is 11.3 Å². The Bertz CT molecular complexity index is 1060. The van der Waals surface area contributed by atoms with Gasteiger partial charge < -0.3 is 4.57 Å². The lowest BCUT2D eigenvalue weighted by Crippen LogP contribution is -2.22. The van der Waals surface area contributed by atoms with Gasteiger partial charge in [0.1, 0.15) is 5.82 Å². The van der Waals surface area contributed by atoms with Gasteiger partial charge in [-0.25, -0.2) is 9.82 Å². The maximum atomic E-state index is 13.2. The van der Waals surface area contributed by atoms with E-state index in [0.29, 0.717) is 5.56 Å². The zero-order valence-electron chi connectivity index (χ0n) is 16.0. The number of hydrazone groups is 1. The molecule has 1 aliphatic carbocycles. The van der Waals surface area contributed by atoms with Crippen molar-refractivity contribution >= 4 is 11.6 Å². The molecule has 4 nitrogen and oxygen atoms in total. The number of nitrogens with one attached hydrogen (secondary N) is 1. The van der Waals surface area contributed by atoms with Crippen molar-refractivity contribution in [1.29, 1.82) is 0 Å². The second-order valence-electron chi connectivity index (χ2n) is 7.11. The SMILES string of the molecule is Cc1cc(C(=O)N/N=C2\CCCc3ccccc32)c(C)n1-c1ccc(F)cc1. The third-order valence-electron chi connectivity index (χ3n) is 5.24. The standard InChI is InChI=1S/C23H22FN3O/c1-15-14-21(16(2)27(15)19-12-10-18(24)11-13-19)23(28)26-25-22-9-5-7-17-6-3-4-8-20(17)22/h3-4,6,8,10-14H,5,7,9H2,1-2H3,(H,26,28)/b25-22+. The lowest BCUT2D eigenvalue weighted by molar-refractivity contribution is 0.0954. The maximum Gasteiger partial charge on any atom is 0.273 e. The Kier molecular flexibility index (Phi) is 4.82. The fourth-order valence-corrected chi connectivity index (χ4v) is 3.88. The minimum atomic E-state index is -0.284. The highest BCUT2D eigenvalue weighted by Gasteiger charge is 2.18. The first-order valence-electron chi connectivity index (χ1n) is 9.44. The van der Waals surface area contributed by atoms with E-state index in [1.165, 1.54) is 17.7 Å². The topological polar surface area (TPSA) is 46.4 Å². The molecule has 4 rings (SSSR count). The zero-order chi connectivity index (χ0) is 19.7. The predicted molar refractivity (Wildman–Crippen MR) is 109 cm³/mol. The van der Waals surface area contributed by atoms with Crippen molar-refractivity contribution in [2.24, 2.45) is 5.10 Å². The van der Waals surface area contributed by atoms with E-state index >= 15 is 0 Å². The minimum Gasteiger partial charge on any atom is -0.318 e. The smallest absolute Gasteiger partial charge is 0.273 e. The Balaban J connectivity index is 1.60. The molecule has 0 spiro atoms. The number of amides is 1. The average Bonchev–Trinajstić information content (AvgIpc) is 3.01. The van der Waals surface area contributed by atoms with Gasteiger partial charge in [-0.15, -0.1) is 0 Å². The molecule has 0 atom stereocenters. The molecule has 0 radical (unpaired) electrons. The number of hydrogen-bond acceptors (Lipinski definition) is 2. The molecule has 1 amide bonds. The number of nitrogens with zero attached hydrogens (tertiary/aromatic N) is 2. The van der Waals surface area contributed by atoms with E-state index in [1.807, 2.05) is 36.6 Å². The van der Waals surface area contributed by atoms with E-state index in [2.05, 4.69) is 22.7 Å². The van der Waals surface area contributed by atoms with Gasteiger partial charge >= 0.3 is 0 Å². The summed E-state index contributed by atoms with van der Waals surface area (Å²) in [7, 11) is 0. The maximum absolute atomic E-state index is 13.2. The lowest BCUT2D eigenvalue weighted by atomic mass is 9.90. The number of carbonyl (C=O) groups is 1. The van der Waals surface area contributed by atoms with Crippen molar-refractivity contribution in [3.05, 3.63) is 88.5 Å². The zero-order valence-corrected chi connectivity index (χ0v) is 16.0. The van der Waals surface area contributed by atoms with Gasteiger partial charge in [0.2, 0.25) is 0 Å². The number of hydrogen-bond donors (Lipinski definition) is 1. The van der Waals surface area contributed by atoms with E-state index in [9.17, 15) is 9.18 Å². The second kappa shape index (κ2) is 7.43. The molecule has 1 aliphatic rings. The molecule has 0 aliphatic heterocycles. The molecular formula is C23H22FN3O. The largest absolute Gasteiger partial charge is 0.318 e. The highest BCUT2D eigenvalue weighted by molar-refractivity contribution is 6.04. The molecule has 142 valence electrons. The van der Waals surface area contributed by atoms with Crippen molar-refractivity contribution in [2.45, 2.75) is 33.1 Å². The third kappa shape index (κ3) is 3.36. The first-order chi connectivity index (χ1) is 13.5. The summed E-state index contributed by atoms with van der Waals surface area (Å²) in [4.78, 5) is 12.8. The lowest BCUT2D eigenvalue weighted by Gasteiger charge is -2.17. The van der Waals surface area contributed by atoms with Crippen LogP contribution < -0.4 is 5.43 Å². The van der Waals surface area contributed by atoms with Gasteiger partial charge in [-0.1, -0.05) is 24.3 Å². The van der Waals surface area contributed by atoms with Gasteiger partial charge in [0.25, 0.3) is 5.91 Å². The number of fused-ring (bicyclic) bond motifs is 1. The summed E-state index contributed by atoms with van der Waals surface area (Å²) in [5.41, 5.74) is 9.13. The van der Waals surface area contributed by atoms with E-state index in [-0.39, 0.29) is 11.7 Å². The van der Waals surface area contributed by atoms with Crippen LogP contribution in [0.5, 0.6) is 0 Å². The minimum absolute atomic E-state index is 0.239. The van der Waals surface area contributed by atoms with Crippen molar-refractivity contribution in [3.8, 4) is 5.69 Å². The van der Waals surface area contributed by atoms with Crippen LogP contribution in [0.1, 0.15) is 45.7 Å². The molecule has 1 N–H and O–H groups in total. The predicted octanol–water partition coefficient (Wildman–Crippen LogP) is 4.70. The van der Waals surface area contributed by atoms with Crippen LogP contribution in [-0.4, -0.2) is 16.2 Å². The van der Waals surface area contributed by atoms with Crippen LogP contribution in [-0.2, 0) is 6.42 Å². The van der Waals surface area contributed by atoms with Gasteiger partial charge in [-0.3, -0.25) is 4.79 Å². The fourth-order valence-electron chi connectivity index (χ4n) is 3.88. The van der Waals surface area contributed by atoms with Gasteiger partial charge in [0, 0.05) is 22.6 Å². The molecule has 1 heterocycles. The van der Waals surface area contributed by atoms with Crippen molar-refractivity contribution in [1.82, 2.24) is 9.99 Å². The van der Waals surface area contributed by atoms with Crippen LogP contribution in [0.3, 0.4) is 0 Å². The Labute approximate surface area is 163 Å². The Morgan fingerprint density at radius 2 is 1.82 bits per heavy atom. The van der Waals surface area contributed by atoms with E-state index in [1.54, 1.807) is 12.1 Å². The van der Waals surface area contributed by atoms with Crippen molar-refractivity contribution < 1.29 is 9.18 Å². The molecular weight excluding hydrogens is 353 g/mol. The van der Waals surface area contributed by atoms with Crippen molar-refractivity contribution in [2.75, 3.05) is 0 Å². The fraction of sp³-hybridized carbons (Fsp3) is 0.217. The Hall–Kier alpha value is -3.21. The summed E-state index contributed by atoms with van der Waals surface area (Å²) in [6, 6.07) is 16.3. The first kappa shape index (κ1) is 18.2. The quantitative estimate of drug-likeness (QED) is 0.663. The monoisotopic (exact) mass is 375 g/mol. The molecule has 0 bridgehead atoms. The number of halogens is 1. The molecule has 0 fully saturated rings. The van der Waals surface area contributed by atoms with E-state index in [4.69, 9.17) is 0 Å². The number of benzene rings is 2. The number of aromatic nitrogens is 1. The summed E-state index contributed by atoms with van der Waals surface area (Å²) in [6.45, 7) is 3.81. The summed E-state index contributed by atoms with van der Waals surface area (Å²) in [5, 5.41) is 4.42. The summed E-state index contributed by atoms with van der Waals surface area (Å²) < 4.78 is 15.2. The van der Waals surface area contributed by atoms with Crippen LogP contribution in [0.25, 0.3) is 5.69 Å². The summed E-state index contributed by atoms with van der Waals surface area (Å²) in [6.07, 6.45) is 2.93. The molecule has 5 heteroatoms. The molecule has 28 heavy (non-hydrogen) atoms. The molecule has 3 aromatic rings. The van der Waals surface area contributed by atoms with Crippen LogP contribution in [0.15, 0.2) is 59.7 Å². The van der Waals surface area contributed by atoms with Crippen LogP contribution in [0.4, 0.5) is 4.39 Å². The van der Waals surface area contributed by atoms with Gasteiger partial charge in [-0.05, 0) is 69.0 Å². The first-order valence-corrected chi connectivity index (χ1v) is 9.44. The number of carbonyl (C=O) groups excluding carboxylic acids is 1. The van der Waals surface area contributed by atoms with E-state index < -0.39 is 0 Å². The second-order valence-corrected chi connectivity index (χ2v) is 7.11. The average molecular weight is 375 g/mol. The molecule has 0 unspecified atom stereocenters. The molecule has 2 aromatic carbocycles. The summed E-state index contributed by atoms with van der Waals surface area (Å²) >= 11 is 0. The van der Waals surface area contributed by atoms with Crippen LogP contribution in [0, 0.1) is 19.7 Å².